The van der Waals surface area contributed by atoms with Gasteiger partial charge < -0.3 is 15.4 Å². The average molecular weight is 198 g/mol. The lowest BCUT2D eigenvalue weighted by Crippen LogP contribution is -2.42. The lowest BCUT2D eigenvalue weighted by molar-refractivity contribution is -0.129. The van der Waals surface area contributed by atoms with Crippen molar-refractivity contribution in [2.45, 2.75) is 25.3 Å². The SMILES string of the molecule is O=C(NC1CCNC1)C1CCCOC1. The molecule has 14 heavy (non-hydrogen) atoms. The number of ether oxygens (including phenoxy) is 1. The van der Waals surface area contributed by atoms with Gasteiger partial charge in [0.1, 0.15) is 0 Å². The Balaban J connectivity index is 1.75. The van der Waals surface area contributed by atoms with Crippen LogP contribution in [0.15, 0.2) is 0 Å². The number of carbonyl (C=O) groups is 1. The molecule has 2 saturated heterocycles. The Morgan fingerprint density at radius 1 is 1.43 bits per heavy atom. The molecule has 1 amide bonds. The highest BCUT2D eigenvalue weighted by atomic mass is 16.5. The summed E-state index contributed by atoms with van der Waals surface area (Å²) >= 11 is 0. The van der Waals surface area contributed by atoms with Crippen molar-refractivity contribution in [1.82, 2.24) is 10.6 Å². The van der Waals surface area contributed by atoms with Gasteiger partial charge in [0, 0.05) is 19.2 Å². The molecule has 4 heteroatoms. The molecule has 2 N–H and O–H groups in total. The first kappa shape index (κ1) is 9.93. The normalized spacial score (nSPS) is 32.9. The monoisotopic (exact) mass is 198 g/mol. The Hall–Kier alpha value is -0.610. The van der Waals surface area contributed by atoms with Gasteiger partial charge in [-0.1, -0.05) is 0 Å². The minimum atomic E-state index is 0.0874. The fourth-order valence-corrected chi connectivity index (χ4v) is 2.04. The molecule has 2 atom stereocenters. The van der Waals surface area contributed by atoms with E-state index in [-0.39, 0.29) is 11.8 Å². The maximum atomic E-state index is 11.7. The van der Waals surface area contributed by atoms with Crippen LogP contribution in [0, 0.1) is 5.92 Å². The average Bonchev–Trinajstić information content (AvgIpc) is 2.72. The second-order valence-electron chi connectivity index (χ2n) is 4.11. The summed E-state index contributed by atoms with van der Waals surface area (Å²) in [5, 5.41) is 6.30. The second kappa shape index (κ2) is 4.75. The zero-order chi connectivity index (χ0) is 9.80. The molecule has 2 unspecified atom stereocenters. The lowest BCUT2D eigenvalue weighted by Gasteiger charge is -2.23. The standard InChI is InChI=1S/C10H18N2O2/c13-10(8-2-1-5-14-7-8)12-9-3-4-11-6-9/h8-9,11H,1-7H2,(H,12,13). The summed E-state index contributed by atoms with van der Waals surface area (Å²) in [4.78, 5) is 11.7. The summed E-state index contributed by atoms with van der Waals surface area (Å²) in [6.45, 7) is 3.35. The molecule has 0 radical (unpaired) electrons. The van der Waals surface area contributed by atoms with Crippen molar-refractivity contribution in [3.8, 4) is 0 Å². The molecule has 0 spiro atoms. The van der Waals surface area contributed by atoms with Crippen LogP contribution in [0.1, 0.15) is 19.3 Å². The van der Waals surface area contributed by atoms with Crippen molar-refractivity contribution in [3.05, 3.63) is 0 Å². The van der Waals surface area contributed by atoms with E-state index in [9.17, 15) is 4.79 Å². The summed E-state index contributed by atoms with van der Waals surface area (Å²) in [6, 6.07) is 0.337. The van der Waals surface area contributed by atoms with Gasteiger partial charge in [-0.05, 0) is 25.8 Å². The molecule has 4 nitrogen and oxygen atoms in total. The highest BCUT2D eigenvalue weighted by Crippen LogP contribution is 2.14. The van der Waals surface area contributed by atoms with Crippen LogP contribution in [0.2, 0.25) is 0 Å². The van der Waals surface area contributed by atoms with Crippen LogP contribution >= 0.6 is 0 Å². The van der Waals surface area contributed by atoms with Gasteiger partial charge in [-0.15, -0.1) is 0 Å². The van der Waals surface area contributed by atoms with Gasteiger partial charge >= 0.3 is 0 Å². The third-order valence-electron chi connectivity index (χ3n) is 2.94. The minimum Gasteiger partial charge on any atom is -0.381 e. The number of rotatable bonds is 2. The Morgan fingerprint density at radius 3 is 3.00 bits per heavy atom. The zero-order valence-corrected chi connectivity index (χ0v) is 8.42. The Labute approximate surface area is 84.4 Å². The topological polar surface area (TPSA) is 50.4 Å². The minimum absolute atomic E-state index is 0.0874. The zero-order valence-electron chi connectivity index (χ0n) is 8.42. The van der Waals surface area contributed by atoms with Crippen molar-refractivity contribution < 1.29 is 9.53 Å². The molecule has 0 aliphatic carbocycles. The van der Waals surface area contributed by atoms with E-state index in [1.54, 1.807) is 0 Å². The first-order valence-corrected chi connectivity index (χ1v) is 5.45. The fourth-order valence-electron chi connectivity index (χ4n) is 2.04. The molecule has 0 saturated carbocycles. The molecule has 0 bridgehead atoms. The van der Waals surface area contributed by atoms with Crippen molar-refractivity contribution in [2.24, 2.45) is 5.92 Å². The molecule has 2 rings (SSSR count). The first-order valence-electron chi connectivity index (χ1n) is 5.45. The lowest BCUT2D eigenvalue weighted by atomic mass is 10.0. The summed E-state index contributed by atoms with van der Waals surface area (Å²) in [7, 11) is 0. The summed E-state index contributed by atoms with van der Waals surface area (Å²) < 4.78 is 5.29. The van der Waals surface area contributed by atoms with Gasteiger partial charge in [0.05, 0.1) is 12.5 Å². The van der Waals surface area contributed by atoms with Gasteiger partial charge in [0.15, 0.2) is 0 Å². The Morgan fingerprint density at radius 2 is 2.36 bits per heavy atom. The van der Waals surface area contributed by atoms with Crippen LogP contribution in [-0.4, -0.2) is 38.3 Å². The molecule has 2 heterocycles. The predicted molar refractivity (Wildman–Crippen MR) is 53.0 cm³/mol. The second-order valence-corrected chi connectivity index (χ2v) is 4.11. The molecule has 2 aliphatic rings. The predicted octanol–water partition coefficient (Wildman–Crippen LogP) is -0.109. The number of carbonyl (C=O) groups excluding carboxylic acids is 1. The van der Waals surface area contributed by atoms with Crippen molar-refractivity contribution >= 4 is 5.91 Å². The van der Waals surface area contributed by atoms with Crippen LogP contribution in [0.4, 0.5) is 0 Å². The summed E-state index contributed by atoms with van der Waals surface area (Å²) in [5.41, 5.74) is 0. The Kier molecular flexibility index (Phi) is 3.37. The van der Waals surface area contributed by atoms with Gasteiger partial charge in [-0.3, -0.25) is 4.79 Å². The largest absolute Gasteiger partial charge is 0.381 e. The number of amides is 1. The van der Waals surface area contributed by atoms with Crippen LogP contribution in [-0.2, 0) is 9.53 Å². The molecular weight excluding hydrogens is 180 g/mol. The number of nitrogens with one attached hydrogen (secondary N) is 2. The van der Waals surface area contributed by atoms with Gasteiger partial charge in [0.2, 0.25) is 5.91 Å². The fraction of sp³-hybridized carbons (Fsp3) is 0.900. The maximum absolute atomic E-state index is 11.7. The van der Waals surface area contributed by atoms with E-state index in [1.165, 1.54) is 0 Å². The van der Waals surface area contributed by atoms with Gasteiger partial charge in [-0.25, -0.2) is 0 Å². The van der Waals surface area contributed by atoms with Crippen LogP contribution in [0.3, 0.4) is 0 Å². The van der Waals surface area contributed by atoms with E-state index >= 15 is 0 Å². The molecule has 0 aromatic rings. The number of hydrogen-bond acceptors (Lipinski definition) is 3. The van der Waals surface area contributed by atoms with E-state index in [0.717, 1.165) is 39.0 Å². The van der Waals surface area contributed by atoms with Crippen LogP contribution < -0.4 is 10.6 Å². The Bertz CT molecular complexity index is 196. The van der Waals surface area contributed by atoms with E-state index in [0.29, 0.717) is 12.6 Å². The summed E-state index contributed by atoms with van der Waals surface area (Å²) in [5.74, 6) is 0.266. The van der Waals surface area contributed by atoms with Crippen molar-refractivity contribution in [3.63, 3.8) is 0 Å². The smallest absolute Gasteiger partial charge is 0.225 e. The van der Waals surface area contributed by atoms with E-state index in [1.807, 2.05) is 0 Å². The van der Waals surface area contributed by atoms with Crippen molar-refractivity contribution in [1.29, 1.82) is 0 Å². The third-order valence-corrected chi connectivity index (χ3v) is 2.94. The van der Waals surface area contributed by atoms with Crippen molar-refractivity contribution in [2.75, 3.05) is 26.3 Å². The molecule has 2 aliphatic heterocycles. The third kappa shape index (κ3) is 2.45. The van der Waals surface area contributed by atoms with E-state index in [4.69, 9.17) is 4.74 Å². The molecular formula is C10H18N2O2. The molecule has 80 valence electrons. The highest BCUT2D eigenvalue weighted by molar-refractivity contribution is 5.79. The number of hydrogen-bond donors (Lipinski definition) is 2. The molecule has 0 aromatic heterocycles. The molecule has 0 aromatic carbocycles. The summed E-state index contributed by atoms with van der Waals surface area (Å²) in [6.07, 6.45) is 3.05. The van der Waals surface area contributed by atoms with Crippen LogP contribution in [0.25, 0.3) is 0 Å². The van der Waals surface area contributed by atoms with Crippen LogP contribution in [0.5, 0.6) is 0 Å². The molecule has 2 fully saturated rings. The highest BCUT2D eigenvalue weighted by Gasteiger charge is 2.24. The quantitative estimate of drug-likeness (QED) is 0.651. The van der Waals surface area contributed by atoms with Gasteiger partial charge in [0.25, 0.3) is 0 Å². The van der Waals surface area contributed by atoms with E-state index < -0.39 is 0 Å². The first-order chi connectivity index (χ1) is 6.86. The van der Waals surface area contributed by atoms with Gasteiger partial charge in [-0.2, -0.15) is 0 Å². The maximum Gasteiger partial charge on any atom is 0.225 e. The van der Waals surface area contributed by atoms with E-state index in [2.05, 4.69) is 10.6 Å².